The Morgan fingerprint density at radius 1 is 1.04 bits per heavy atom. The number of amides is 1. The maximum Gasteiger partial charge on any atom is 0.262 e. The number of fused-ring (bicyclic) bond motifs is 1. The van der Waals surface area contributed by atoms with Gasteiger partial charge in [-0.25, -0.2) is 5.43 Å². The summed E-state index contributed by atoms with van der Waals surface area (Å²) in [4.78, 5) is 12.2. The summed E-state index contributed by atoms with van der Waals surface area (Å²) in [5, 5.41) is 9.46. The molecule has 5 heteroatoms. The Balaban J connectivity index is 1.61. The van der Waals surface area contributed by atoms with Crippen LogP contribution in [0, 0.1) is 0 Å². The van der Waals surface area contributed by atoms with Gasteiger partial charge >= 0.3 is 0 Å². The molecule has 0 aliphatic carbocycles. The van der Waals surface area contributed by atoms with Crippen LogP contribution in [0.15, 0.2) is 71.8 Å². The number of nitrogens with one attached hydrogen (secondary N) is 2. The van der Waals surface area contributed by atoms with Gasteiger partial charge < -0.3 is 10.1 Å². The first-order valence-corrected chi connectivity index (χ1v) is 8.38. The molecule has 0 aliphatic heterocycles. The summed E-state index contributed by atoms with van der Waals surface area (Å²) in [6, 6.07) is 21.0. The molecule has 1 amide bonds. The van der Waals surface area contributed by atoms with Crippen LogP contribution in [-0.2, 0) is 4.79 Å². The molecule has 3 rings (SSSR count). The van der Waals surface area contributed by atoms with Crippen LogP contribution in [0.5, 0.6) is 5.75 Å². The molecule has 5 nitrogen and oxygen atoms in total. The monoisotopic (exact) mass is 347 g/mol. The third kappa shape index (κ3) is 4.19. The molecular formula is C21H21N3O2. The first-order valence-electron chi connectivity index (χ1n) is 8.38. The van der Waals surface area contributed by atoms with Crippen molar-refractivity contribution >= 4 is 28.6 Å². The van der Waals surface area contributed by atoms with E-state index in [1.54, 1.807) is 20.2 Å². The summed E-state index contributed by atoms with van der Waals surface area (Å²) in [5.41, 5.74) is 4.38. The van der Waals surface area contributed by atoms with Gasteiger partial charge in [-0.2, -0.15) is 5.10 Å². The second kappa shape index (κ2) is 8.16. The van der Waals surface area contributed by atoms with Crippen molar-refractivity contribution in [3.05, 3.63) is 72.3 Å². The highest BCUT2D eigenvalue weighted by atomic mass is 16.5. The van der Waals surface area contributed by atoms with Gasteiger partial charge in [0.1, 0.15) is 11.8 Å². The van der Waals surface area contributed by atoms with Gasteiger partial charge in [-0.3, -0.25) is 4.79 Å². The lowest BCUT2D eigenvalue weighted by molar-refractivity contribution is -0.121. The standard InChI is InChI=1S/C21H21N3O2/c1-15(23-18-10-12-19(26-2)13-11-18)21(25)24-22-14-17-8-5-7-16-6-3-4-9-20(16)17/h3-15,23H,1-2H3,(H,24,25). The van der Waals surface area contributed by atoms with Crippen LogP contribution in [0.3, 0.4) is 0 Å². The SMILES string of the molecule is COc1ccc(NC(C)C(=O)NN=Cc2cccc3ccccc23)cc1. The summed E-state index contributed by atoms with van der Waals surface area (Å²) in [5.74, 6) is 0.560. The Hall–Kier alpha value is -3.34. The van der Waals surface area contributed by atoms with E-state index in [4.69, 9.17) is 4.74 Å². The van der Waals surface area contributed by atoms with E-state index in [9.17, 15) is 4.79 Å². The summed E-state index contributed by atoms with van der Waals surface area (Å²) >= 11 is 0. The summed E-state index contributed by atoms with van der Waals surface area (Å²) < 4.78 is 5.12. The van der Waals surface area contributed by atoms with Gasteiger partial charge in [0.15, 0.2) is 0 Å². The number of hydrazone groups is 1. The van der Waals surface area contributed by atoms with Crippen LogP contribution < -0.4 is 15.5 Å². The largest absolute Gasteiger partial charge is 0.497 e. The Morgan fingerprint density at radius 2 is 1.77 bits per heavy atom. The molecule has 0 bridgehead atoms. The number of hydrogen-bond acceptors (Lipinski definition) is 4. The van der Waals surface area contributed by atoms with Crippen molar-refractivity contribution in [3.8, 4) is 5.75 Å². The normalized spacial score (nSPS) is 12.1. The molecule has 0 aromatic heterocycles. The third-order valence-electron chi connectivity index (χ3n) is 4.07. The molecule has 0 heterocycles. The molecule has 0 radical (unpaired) electrons. The number of benzene rings is 3. The molecule has 0 saturated heterocycles. The first kappa shape index (κ1) is 17.5. The average Bonchev–Trinajstić information content (AvgIpc) is 2.68. The zero-order valence-electron chi connectivity index (χ0n) is 14.8. The van der Waals surface area contributed by atoms with E-state index in [1.807, 2.05) is 66.7 Å². The Morgan fingerprint density at radius 3 is 2.54 bits per heavy atom. The second-order valence-corrected chi connectivity index (χ2v) is 5.90. The third-order valence-corrected chi connectivity index (χ3v) is 4.07. The average molecular weight is 347 g/mol. The second-order valence-electron chi connectivity index (χ2n) is 5.90. The van der Waals surface area contributed by atoms with Crippen molar-refractivity contribution < 1.29 is 9.53 Å². The fourth-order valence-electron chi connectivity index (χ4n) is 2.63. The predicted octanol–water partition coefficient (Wildman–Crippen LogP) is 3.80. The lowest BCUT2D eigenvalue weighted by atomic mass is 10.1. The number of carbonyl (C=O) groups is 1. The van der Waals surface area contributed by atoms with Crippen molar-refractivity contribution in [3.63, 3.8) is 0 Å². The van der Waals surface area contributed by atoms with Crippen molar-refractivity contribution in [2.75, 3.05) is 12.4 Å². The molecule has 3 aromatic rings. The number of hydrogen-bond donors (Lipinski definition) is 2. The van der Waals surface area contributed by atoms with E-state index < -0.39 is 6.04 Å². The molecule has 1 atom stereocenters. The van der Waals surface area contributed by atoms with Gasteiger partial charge in [0.05, 0.1) is 13.3 Å². The number of ether oxygens (including phenoxy) is 1. The first-order chi connectivity index (χ1) is 12.7. The minimum absolute atomic E-state index is 0.211. The van der Waals surface area contributed by atoms with Crippen LogP contribution >= 0.6 is 0 Å². The lowest BCUT2D eigenvalue weighted by Gasteiger charge is -2.13. The quantitative estimate of drug-likeness (QED) is 0.527. The predicted molar refractivity (Wildman–Crippen MR) is 106 cm³/mol. The highest BCUT2D eigenvalue weighted by Crippen LogP contribution is 2.17. The molecule has 0 aliphatic rings. The Labute approximate surface area is 152 Å². The molecule has 1 unspecified atom stereocenters. The van der Waals surface area contributed by atoms with E-state index in [-0.39, 0.29) is 5.91 Å². The summed E-state index contributed by atoms with van der Waals surface area (Å²) in [6.45, 7) is 1.78. The van der Waals surface area contributed by atoms with Gasteiger partial charge in [-0.15, -0.1) is 0 Å². The fraction of sp³-hybridized carbons (Fsp3) is 0.143. The summed E-state index contributed by atoms with van der Waals surface area (Å²) in [7, 11) is 1.62. The van der Waals surface area contributed by atoms with E-state index in [0.717, 1.165) is 27.8 Å². The number of rotatable bonds is 6. The van der Waals surface area contributed by atoms with Crippen molar-refractivity contribution in [1.29, 1.82) is 0 Å². The van der Waals surface area contributed by atoms with E-state index >= 15 is 0 Å². The molecule has 2 N–H and O–H groups in total. The highest BCUT2D eigenvalue weighted by Gasteiger charge is 2.11. The molecule has 0 fully saturated rings. The van der Waals surface area contributed by atoms with Gasteiger partial charge in [-0.05, 0) is 42.0 Å². The molecule has 0 saturated carbocycles. The zero-order chi connectivity index (χ0) is 18.4. The zero-order valence-corrected chi connectivity index (χ0v) is 14.8. The molecular weight excluding hydrogens is 326 g/mol. The number of carbonyl (C=O) groups excluding carboxylic acids is 1. The molecule has 0 spiro atoms. The number of anilines is 1. The highest BCUT2D eigenvalue weighted by molar-refractivity contribution is 6.00. The Kier molecular flexibility index (Phi) is 5.49. The lowest BCUT2D eigenvalue weighted by Crippen LogP contribution is -2.34. The fourth-order valence-corrected chi connectivity index (χ4v) is 2.63. The van der Waals surface area contributed by atoms with E-state index in [1.165, 1.54) is 0 Å². The topological polar surface area (TPSA) is 62.7 Å². The van der Waals surface area contributed by atoms with Crippen molar-refractivity contribution in [1.82, 2.24) is 5.43 Å². The van der Waals surface area contributed by atoms with Gasteiger partial charge in [0.2, 0.25) is 0 Å². The van der Waals surface area contributed by atoms with Gasteiger partial charge in [0.25, 0.3) is 5.91 Å². The van der Waals surface area contributed by atoms with E-state index in [0.29, 0.717) is 0 Å². The van der Waals surface area contributed by atoms with Crippen LogP contribution in [0.1, 0.15) is 12.5 Å². The van der Waals surface area contributed by atoms with Gasteiger partial charge in [-0.1, -0.05) is 42.5 Å². The van der Waals surface area contributed by atoms with Crippen LogP contribution in [-0.4, -0.2) is 25.3 Å². The van der Waals surface area contributed by atoms with Crippen LogP contribution in [0.4, 0.5) is 5.69 Å². The minimum Gasteiger partial charge on any atom is -0.497 e. The smallest absolute Gasteiger partial charge is 0.262 e. The van der Waals surface area contributed by atoms with Gasteiger partial charge in [0, 0.05) is 11.3 Å². The molecule has 3 aromatic carbocycles. The van der Waals surface area contributed by atoms with Crippen molar-refractivity contribution in [2.24, 2.45) is 5.10 Å². The maximum absolute atomic E-state index is 12.2. The van der Waals surface area contributed by atoms with Crippen LogP contribution in [0.25, 0.3) is 10.8 Å². The van der Waals surface area contributed by atoms with Crippen molar-refractivity contribution in [2.45, 2.75) is 13.0 Å². The molecule has 26 heavy (non-hydrogen) atoms. The number of methoxy groups -OCH3 is 1. The maximum atomic E-state index is 12.2. The number of nitrogens with zero attached hydrogens (tertiary/aromatic N) is 1. The Bertz CT molecular complexity index is 915. The molecule has 132 valence electrons. The van der Waals surface area contributed by atoms with Crippen LogP contribution in [0.2, 0.25) is 0 Å². The minimum atomic E-state index is -0.423. The van der Waals surface area contributed by atoms with E-state index in [2.05, 4.69) is 15.8 Å². The summed E-state index contributed by atoms with van der Waals surface area (Å²) in [6.07, 6.45) is 1.67.